The highest BCUT2D eigenvalue weighted by atomic mass is 16.4. The molecule has 1 N–H and O–H groups in total. The Morgan fingerprint density at radius 2 is 2.20 bits per heavy atom. The highest BCUT2D eigenvalue weighted by molar-refractivity contribution is 5.92. The van der Waals surface area contributed by atoms with Crippen LogP contribution in [0, 0.1) is 6.92 Å². The molecule has 0 radical (unpaired) electrons. The van der Waals surface area contributed by atoms with E-state index in [1.807, 2.05) is 0 Å². The minimum absolute atomic E-state index is 0.0209. The zero-order chi connectivity index (χ0) is 10.7. The van der Waals surface area contributed by atoms with Gasteiger partial charge in [-0.25, -0.2) is 5.43 Å². The number of carbonyl (C=O) groups excluding carboxylic acids is 1. The second-order valence-electron chi connectivity index (χ2n) is 3.43. The number of aromatic nitrogens is 2. The van der Waals surface area contributed by atoms with Crippen LogP contribution in [0.2, 0.25) is 0 Å². The summed E-state index contributed by atoms with van der Waals surface area (Å²) in [5.41, 5.74) is 3.43. The highest BCUT2D eigenvalue weighted by Crippen LogP contribution is 2.07. The van der Waals surface area contributed by atoms with Gasteiger partial charge in [0.2, 0.25) is 17.7 Å². The van der Waals surface area contributed by atoms with Crippen molar-refractivity contribution >= 4 is 11.6 Å². The van der Waals surface area contributed by atoms with Crippen LogP contribution >= 0.6 is 0 Å². The van der Waals surface area contributed by atoms with Crippen molar-refractivity contribution in [1.29, 1.82) is 0 Å². The number of rotatable bonds is 3. The van der Waals surface area contributed by atoms with Crippen LogP contribution < -0.4 is 5.43 Å². The first-order valence-electron chi connectivity index (χ1n) is 4.87. The Labute approximate surface area is 86.8 Å². The van der Waals surface area contributed by atoms with Crippen molar-refractivity contribution < 1.29 is 9.21 Å². The maximum atomic E-state index is 10.8. The molecule has 0 atom stereocenters. The molecule has 0 aliphatic carbocycles. The van der Waals surface area contributed by atoms with E-state index in [0.29, 0.717) is 24.6 Å². The number of nitrogens with one attached hydrogen (secondary N) is 1. The fraction of sp³-hybridized carbons (Fsp3) is 0.556. The SMILES string of the molecule is Cc1nnc(CCC2=NNC(=O)CC2)o1. The zero-order valence-corrected chi connectivity index (χ0v) is 8.49. The third-order valence-electron chi connectivity index (χ3n) is 2.17. The van der Waals surface area contributed by atoms with Gasteiger partial charge < -0.3 is 4.42 Å². The Bertz CT molecular complexity index is 397. The molecule has 6 nitrogen and oxygen atoms in total. The molecular weight excluding hydrogens is 196 g/mol. The van der Waals surface area contributed by atoms with Crippen LogP contribution in [0.25, 0.3) is 0 Å². The number of aryl methyl sites for hydroxylation is 2. The fourth-order valence-corrected chi connectivity index (χ4v) is 1.38. The van der Waals surface area contributed by atoms with Gasteiger partial charge in [-0.2, -0.15) is 5.10 Å². The van der Waals surface area contributed by atoms with Crippen LogP contribution in [0.1, 0.15) is 31.0 Å². The molecule has 2 rings (SSSR count). The average molecular weight is 208 g/mol. The fourth-order valence-electron chi connectivity index (χ4n) is 1.38. The molecular formula is C9H12N4O2. The third kappa shape index (κ3) is 2.61. The van der Waals surface area contributed by atoms with E-state index < -0.39 is 0 Å². The van der Waals surface area contributed by atoms with Gasteiger partial charge in [-0.1, -0.05) is 0 Å². The van der Waals surface area contributed by atoms with E-state index in [1.165, 1.54) is 0 Å². The highest BCUT2D eigenvalue weighted by Gasteiger charge is 2.12. The predicted octanol–water partition coefficient (Wildman–Crippen LogP) is 0.577. The van der Waals surface area contributed by atoms with E-state index in [9.17, 15) is 4.79 Å². The smallest absolute Gasteiger partial charge is 0.240 e. The molecule has 1 aromatic heterocycles. The van der Waals surface area contributed by atoms with Gasteiger partial charge in [0.15, 0.2) is 0 Å². The van der Waals surface area contributed by atoms with Crippen LogP contribution in [-0.4, -0.2) is 21.8 Å². The zero-order valence-electron chi connectivity index (χ0n) is 8.49. The monoisotopic (exact) mass is 208 g/mol. The average Bonchev–Trinajstić information content (AvgIpc) is 2.64. The van der Waals surface area contributed by atoms with Gasteiger partial charge in [-0.3, -0.25) is 4.79 Å². The van der Waals surface area contributed by atoms with Crippen LogP contribution in [0.3, 0.4) is 0 Å². The largest absolute Gasteiger partial charge is 0.426 e. The molecule has 0 saturated heterocycles. The lowest BCUT2D eigenvalue weighted by Gasteiger charge is -2.10. The number of carbonyl (C=O) groups is 1. The Kier molecular flexibility index (Phi) is 2.75. The summed E-state index contributed by atoms with van der Waals surface area (Å²) in [6.07, 6.45) is 2.66. The van der Waals surface area contributed by atoms with Crippen molar-refractivity contribution in [3.8, 4) is 0 Å². The molecule has 1 amide bonds. The second kappa shape index (κ2) is 4.20. The number of nitrogens with zero attached hydrogens (tertiary/aromatic N) is 3. The van der Waals surface area contributed by atoms with Crippen LogP contribution in [0.15, 0.2) is 9.52 Å². The first kappa shape index (κ1) is 9.82. The molecule has 0 unspecified atom stereocenters. The predicted molar refractivity (Wildman–Crippen MR) is 52.2 cm³/mol. The van der Waals surface area contributed by atoms with Crippen molar-refractivity contribution in [3.05, 3.63) is 11.8 Å². The Hall–Kier alpha value is -1.72. The molecule has 0 fully saturated rings. The maximum absolute atomic E-state index is 10.8. The molecule has 15 heavy (non-hydrogen) atoms. The minimum atomic E-state index is -0.0209. The topological polar surface area (TPSA) is 80.4 Å². The summed E-state index contributed by atoms with van der Waals surface area (Å²) in [5.74, 6) is 1.17. The first-order chi connectivity index (χ1) is 7.24. The van der Waals surface area contributed by atoms with Crippen LogP contribution in [-0.2, 0) is 11.2 Å². The molecule has 0 bridgehead atoms. The van der Waals surface area contributed by atoms with E-state index in [2.05, 4.69) is 20.7 Å². The van der Waals surface area contributed by atoms with Crippen LogP contribution in [0.4, 0.5) is 0 Å². The molecule has 0 aromatic carbocycles. The summed E-state index contributed by atoms with van der Waals surface area (Å²) in [7, 11) is 0. The number of hydrogen-bond donors (Lipinski definition) is 1. The normalized spacial score (nSPS) is 16.1. The molecule has 80 valence electrons. The van der Waals surface area contributed by atoms with Gasteiger partial charge in [-0.15, -0.1) is 10.2 Å². The summed E-state index contributed by atoms with van der Waals surface area (Å²) >= 11 is 0. The third-order valence-corrected chi connectivity index (χ3v) is 2.17. The number of hydrogen-bond acceptors (Lipinski definition) is 5. The summed E-state index contributed by atoms with van der Waals surface area (Å²) in [6.45, 7) is 1.76. The lowest BCUT2D eigenvalue weighted by molar-refractivity contribution is -0.121. The molecule has 1 aliphatic rings. The molecule has 6 heteroatoms. The van der Waals surface area contributed by atoms with Crippen molar-refractivity contribution in [2.24, 2.45) is 5.10 Å². The second-order valence-corrected chi connectivity index (χ2v) is 3.43. The molecule has 0 saturated carbocycles. The minimum Gasteiger partial charge on any atom is -0.426 e. The number of amides is 1. The van der Waals surface area contributed by atoms with Gasteiger partial charge in [-0.05, 0) is 12.8 Å². The quantitative estimate of drug-likeness (QED) is 0.787. The van der Waals surface area contributed by atoms with Crippen molar-refractivity contribution in [2.45, 2.75) is 32.6 Å². The summed E-state index contributed by atoms with van der Waals surface area (Å²) < 4.78 is 5.23. The Balaban J connectivity index is 1.86. The molecule has 1 aromatic rings. The van der Waals surface area contributed by atoms with Crippen molar-refractivity contribution in [3.63, 3.8) is 0 Å². The lowest BCUT2D eigenvalue weighted by atomic mass is 10.1. The molecule has 2 heterocycles. The van der Waals surface area contributed by atoms with Gasteiger partial charge in [0, 0.05) is 25.5 Å². The van der Waals surface area contributed by atoms with E-state index in [4.69, 9.17) is 4.42 Å². The van der Waals surface area contributed by atoms with E-state index in [1.54, 1.807) is 6.92 Å². The Morgan fingerprint density at radius 3 is 2.80 bits per heavy atom. The lowest BCUT2D eigenvalue weighted by Crippen LogP contribution is -2.25. The van der Waals surface area contributed by atoms with Gasteiger partial charge in [0.1, 0.15) is 0 Å². The first-order valence-corrected chi connectivity index (χ1v) is 4.87. The summed E-state index contributed by atoms with van der Waals surface area (Å²) in [4.78, 5) is 10.8. The number of hydrazone groups is 1. The van der Waals surface area contributed by atoms with Gasteiger partial charge in [0.25, 0.3) is 0 Å². The maximum Gasteiger partial charge on any atom is 0.240 e. The van der Waals surface area contributed by atoms with Crippen molar-refractivity contribution in [1.82, 2.24) is 15.6 Å². The van der Waals surface area contributed by atoms with E-state index in [-0.39, 0.29) is 5.91 Å². The van der Waals surface area contributed by atoms with Crippen molar-refractivity contribution in [2.75, 3.05) is 0 Å². The molecule has 0 spiro atoms. The molecule has 1 aliphatic heterocycles. The van der Waals surface area contributed by atoms with E-state index in [0.717, 1.165) is 18.6 Å². The van der Waals surface area contributed by atoms with Gasteiger partial charge in [0.05, 0.1) is 0 Å². The summed E-state index contributed by atoms with van der Waals surface area (Å²) in [6, 6.07) is 0. The standard InChI is InChI=1S/C9H12N4O2/c1-6-10-13-9(15-6)5-3-7-2-4-8(14)12-11-7/h2-5H2,1H3,(H,12,14). The summed E-state index contributed by atoms with van der Waals surface area (Å²) in [5, 5.41) is 11.6. The van der Waals surface area contributed by atoms with E-state index >= 15 is 0 Å². The Morgan fingerprint density at radius 1 is 1.33 bits per heavy atom. The van der Waals surface area contributed by atoms with Gasteiger partial charge >= 0.3 is 0 Å². The van der Waals surface area contributed by atoms with Crippen LogP contribution in [0.5, 0.6) is 0 Å².